The first kappa shape index (κ1) is 14.3. The normalized spacial score (nSPS) is 12.4. The van der Waals surface area contributed by atoms with E-state index in [4.69, 9.17) is 23.2 Å². The molecule has 100 valence electrons. The Morgan fingerprint density at radius 1 is 1.16 bits per heavy atom. The van der Waals surface area contributed by atoms with Crippen molar-refractivity contribution in [1.29, 1.82) is 0 Å². The first-order valence-electron chi connectivity index (χ1n) is 5.99. The standard InChI is InChI=1S/C15H14Cl2FN/c1-10(11-4-2-6-13(18)8-11)19-9-12-5-3-7-14(16)15(12)17/h2-8,10,19H,9H2,1H3/t10-/m1/s1. The second-order valence-corrected chi connectivity index (χ2v) is 5.16. The van der Waals surface area contributed by atoms with Crippen molar-refractivity contribution >= 4 is 23.2 Å². The maximum Gasteiger partial charge on any atom is 0.123 e. The van der Waals surface area contributed by atoms with Crippen molar-refractivity contribution in [3.05, 3.63) is 69.5 Å². The van der Waals surface area contributed by atoms with E-state index in [9.17, 15) is 4.39 Å². The van der Waals surface area contributed by atoms with E-state index in [-0.39, 0.29) is 11.9 Å². The molecule has 0 aromatic heterocycles. The van der Waals surface area contributed by atoms with E-state index in [1.165, 1.54) is 12.1 Å². The molecule has 0 spiro atoms. The zero-order valence-electron chi connectivity index (χ0n) is 10.5. The number of halogens is 3. The molecule has 19 heavy (non-hydrogen) atoms. The highest BCUT2D eigenvalue weighted by atomic mass is 35.5. The third kappa shape index (κ3) is 3.69. The largest absolute Gasteiger partial charge is 0.306 e. The monoisotopic (exact) mass is 297 g/mol. The van der Waals surface area contributed by atoms with Gasteiger partial charge in [-0.3, -0.25) is 0 Å². The van der Waals surface area contributed by atoms with Gasteiger partial charge in [0.2, 0.25) is 0 Å². The van der Waals surface area contributed by atoms with Gasteiger partial charge in [0.25, 0.3) is 0 Å². The van der Waals surface area contributed by atoms with Crippen LogP contribution in [0.1, 0.15) is 24.1 Å². The van der Waals surface area contributed by atoms with Gasteiger partial charge in [0.15, 0.2) is 0 Å². The van der Waals surface area contributed by atoms with Crippen molar-refractivity contribution in [1.82, 2.24) is 5.32 Å². The van der Waals surface area contributed by atoms with Gasteiger partial charge in [0.1, 0.15) is 5.82 Å². The van der Waals surface area contributed by atoms with E-state index in [0.717, 1.165) is 11.1 Å². The van der Waals surface area contributed by atoms with Crippen LogP contribution in [0.4, 0.5) is 4.39 Å². The topological polar surface area (TPSA) is 12.0 Å². The smallest absolute Gasteiger partial charge is 0.123 e. The second-order valence-electron chi connectivity index (χ2n) is 4.37. The van der Waals surface area contributed by atoms with E-state index in [1.807, 2.05) is 25.1 Å². The molecular weight excluding hydrogens is 284 g/mol. The highest BCUT2D eigenvalue weighted by Gasteiger charge is 2.08. The number of rotatable bonds is 4. The summed E-state index contributed by atoms with van der Waals surface area (Å²) >= 11 is 12.1. The van der Waals surface area contributed by atoms with Crippen LogP contribution >= 0.6 is 23.2 Å². The fourth-order valence-corrected chi connectivity index (χ4v) is 2.23. The molecule has 0 bridgehead atoms. The van der Waals surface area contributed by atoms with Crippen molar-refractivity contribution in [2.45, 2.75) is 19.5 Å². The van der Waals surface area contributed by atoms with Crippen LogP contribution in [0, 0.1) is 5.82 Å². The third-order valence-corrected chi connectivity index (χ3v) is 3.84. The molecule has 0 heterocycles. The van der Waals surface area contributed by atoms with Gasteiger partial charge in [-0.05, 0) is 36.2 Å². The summed E-state index contributed by atoms with van der Waals surface area (Å²) in [6.45, 7) is 2.56. The van der Waals surface area contributed by atoms with Crippen LogP contribution in [0.25, 0.3) is 0 Å². The Hall–Kier alpha value is -1.09. The Labute approximate surface area is 122 Å². The minimum absolute atomic E-state index is 0.0331. The van der Waals surface area contributed by atoms with Crippen molar-refractivity contribution in [2.75, 3.05) is 0 Å². The summed E-state index contributed by atoms with van der Waals surface area (Å²) in [5.74, 6) is -0.230. The molecular formula is C15H14Cl2FN. The van der Waals surface area contributed by atoms with Crippen molar-refractivity contribution in [3.63, 3.8) is 0 Å². The molecule has 0 radical (unpaired) electrons. The van der Waals surface area contributed by atoms with Crippen LogP contribution in [-0.2, 0) is 6.54 Å². The van der Waals surface area contributed by atoms with E-state index >= 15 is 0 Å². The van der Waals surface area contributed by atoms with Gasteiger partial charge in [-0.25, -0.2) is 4.39 Å². The van der Waals surface area contributed by atoms with Gasteiger partial charge < -0.3 is 5.32 Å². The van der Waals surface area contributed by atoms with E-state index in [2.05, 4.69) is 5.32 Å². The molecule has 1 nitrogen and oxygen atoms in total. The number of nitrogens with one attached hydrogen (secondary N) is 1. The van der Waals surface area contributed by atoms with Crippen molar-refractivity contribution in [2.24, 2.45) is 0 Å². The maximum atomic E-state index is 13.1. The van der Waals surface area contributed by atoms with Crippen LogP contribution < -0.4 is 5.32 Å². The highest BCUT2D eigenvalue weighted by molar-refractivity contribution is 6.42. The van der Waals surface area contributed by atoms with Gasteiger partial charge in [-0.1, -0.05) is 47.5 Å². The average molecular weight is 298 g/mol. The van der Waals surface area contributed by atoms with Crippen LogP contribution in [0.2, 0.25) is 10.0 Å². The lowest BCUT2D eigenvalue weighted by Crippen LogP contribution is -2.18. The molecule has 4 heteroatoms. The van der Waals surface area contributed by atoms with E-state index in [0.29, 0.717) is 16.6 Å². The summed E-state index contributed by atoms with van der Waals surface area (Å²) < 4.78 is 13.1. The molecule has 0 amide bonds. The van der Waals surface area contributed by atoms with Gasteiger partial charge in [-0.15, -0.1) is 0 Å². The number of hydrogen-bond donors (Lipinski definition) is 1. The molecule has 0 aliphatic heterocycles. The van der Waals surface area contributed by atoms with E-state index < -0.39 is 0 Å². The lowest BCUT2D eigenvalue weighted by molar-refractivity contribution is 0.565. The summed E-state index contributed by atoms with van der Waals surface area (Å²) in [5, 5.41) is 4.40. The maximum absolute atomic E-state index is 13.1. The molecule has 0 aliphatic carbocycles. The molecule has 0 unspecified atom stereocenters. The Bertz CT molecular complexity index is 572. The zero-order chi connectivity index (χ0) is 13.8. The van der Waals surface area contributed by atoms with Gasteiger partial charge >= 0.3 is 0 Å². The van der Waals surface area contributed by atoms with Crippen LogP contribution in [0.3, 0.4) is 0 Å². The lowest BCUT2D eigenvalue weighted by atomic mass is 10.1. The van der Waals surface area contributed by atoms with Crippen LogP contribution in [-0.4, -0.2) is 0 Å². The van der Waals surface area contributed by atoms with Gasteiger partial charge in [0, 0.05) is 12.6 Å². The quantitative estimate of drug-likeness (QED) is 0.839. The second kappa shape index (κ2) is 6.38. The Balaban J connectivity index is 2.04. The fourth-order valence-electron chi connectivity index (χ4n) is 1.84. The number of benzene rings is 2. The fraction of sp³-hybridized carbons (Fsp3) is 0.200. The first-order valence-corrected chi connectivity index (χ1v) is 6.75. The summed E-state index contributed by atoms with van der Waals surface area (Å²) in [7, 11) is 0. The summed E-state index contributed by atoms with van der Waals surface area (Å²) in [5.41, 5.74) is 1.83. The van der Waals surface area contributed by atoms with Crippen molar-refractivity contribution in [3.8, 4) is 0 Å². The highest BCUT2D eigenvalue weighted by Crippen LogP contribution is 2.26. The average Bonchev–Trinajstić information content (AvgIpc) is 2.40. The summed E-state index contributed by atoms with van der Waals surface area (Å²) in [6, 6.07) is 12.1. The summed E-state index contributed by atoms with van der Waals surface area (Å²) in [6.07, 6.45) is 0. The molecule has 2 aromatic carbocycles. The predicted octanol–water partition coefficient (Wildman–Crippen LogP) is 4.98. The lowest BCUT2D eigenvalue weighted by Gasteiger charge is -2.15. The first-order chi connectivity index (χ1) is 9.08. The molecule has 1 atom stereocenters. The SMILES string of the molecule is C[C@@H](NCc1cccc(Cl)c1Cl)c1cccc(F)c1. The molecule has 0 aliphatic rings. The Kier molecular flexibility index (Phi) is 4.81. The third-order valence-electron chi connectivity index (χ3n) is 2.98. The summed E-state index contributed by atoms with van der Waals surface area (Å²) in [4.78, 5) is 0. The molecule has 1 N–H and O–H groups in total. The Morgan fingerprint density at radius 3 is 2.63 bits per heavy atom. The van der Waals surface area contributed by atoms with Crippen LogP contribution in [0.15, 0.2) is 42.5 Å². The van der Waals surface area contributed by atoms with Crippen molar-refractivity contribution < 1.29 is 4.39 Å². The predicted molar refractivity (Wildman–Crippen MR) is 78.1 cm³/mol. The zero-order valence-corrected chi connectivity index (χ0v) is 12.0. The van der Waals surface area contributed by atoms with Crippen LogP contribution in [0.5, 0.6) is 0 Å². The minimum Gasteiger partial charge on any atom is -0.306 e. The Morgan fingerprint density at radius 2 is 1.89 bits per heavy atom. The van der Waals surface area contributed by atoms with Gasteiger partial charge in [-0.2, -0.15) is 0 Å². The molecule has 0 saturated carbocycles. The number of hydrogen-bond acceptors (Lipinski definition) is 1. The van der Waals surface area contributed by atoms with E-state index in [1.54, 1.807) is 12.1 Å². The molecule has 2 rings (SSSR count). The minimum atomic E-state index is -0.230. The van der Waals surface area contributed by atoms with Gasteiger partial charge in [0.05, 0.1) is 10.0 Å². The molecule has 2 aromatic rings. The molecule has 0 fully saturated rings. The molecule has 0 saturated heterocycles.